The lowest BCUT2D eigenvalue weighted by Gasteiger charge is -2.13. The number of hydrogen-bond acceptors (Lipinski definition) is 3. The lowest BCUT2D eigenvalue weighted by atomic mass is 10.1. The van der Waals surface area contributed by atoms with Crippen molar-refractivity contribution in [2.75, 3.05) is 0 Å². The zero-order valence-corrected chi connectivity index (χ0v) is 13.2. The number of nitrogens with zero attached hydrogens (tertiary/aromatic N) is 1. The summed E-state index contributed by atoms with van der Waals surface area (Å²) < 4.78 is 56.9. The number of carbonyl (C=O) groups is 1. The molecule has 0 aliphatic carbocycles. The maximum absolute atomic E-state index is 13.1. The monoisotopic (exact) mass is 364 g/mol. The minimum atomic E-state index is -4.73. The molecular formula is C18H12F4N2O2. The maximum Gasteiger partial charge on any atom is 0.416 e. The molecule has 2 aromatic carbocycles. The average molecular weight is 364 g/mol. The highest BCUT2D eigenvalue weighted by atomic mass is 19.4. The zero-order valence-electron chi connectivity index (χ0n) is 13.2. The molecule has 4 nitrogen and oxygen atoms in total. The lowest BCUT2D eigenvalue weighted by molar-refractivity contribution is -0.138. The molecule has 0 saturated heterocycles. The van der Waals surface area contributed by atoms with Crippen LogP contribution in [0.5, 0.6) is 0 Å². The second-order valence-corrected chi connectivity index (χ2v) is 5.42. The van der Waals surface area contributed by atoms with Gasteiger partial charge in [-0.3, -0.25) is 4.79 Å². The zero-order chi connectivity index (χ0) is 18.7. The van der Waals surface area contributed by atoms with Gasteiger partial charge in [-0.15, -0.1) is 0 Å². The summed E-state index contributed by atoms with van der Waals surface area (Å²) in [6.07, 6.45) is -4.73. The predicted molar refractivity (Wildman–Crippen MR) is 84.5 cm³/mol. The normalized spacial score (nSPS) is 11.4. The molecule has 1 aromatic heterocycles. The Morgan fingerprint density at radius 2 is 1.81 bits per heavy atom. The fourth-order valence-electron chi connectivity index (χ4n) is 2.36. The molecule has 134 valence electrons. The number of halogens is 4. The van der Waals surface area contributed by atoms with Crippen LogP contribution < -0.4 is 5.32 Å². The summed E-state index contributed by atoms with van der Waals surface area (Å²) in [5, 5.41) is 6.08. The number of alkyl halides is 3. The molecule has 8 heteroatoms. The van der Waals surface area contributed by atoms with Gasteiger partial charge < -0.3 is 9.84 Å². The van der Waals surface area contributed by atoms with Crippen molar-refractivity contribution in [1.82, 2.24) is 10.5 Å². The highest BCUT2D eigenvalue weighted by Crippen LogP contribution is 2.32. The van der Waals surface area contributed by atoms with Crippen LogP contribution in [0.3, 0.4) is 0 Å². The van der Waals surface area contributed by atoms with Crippen LogP contribution >= 0.6 is 0 Å². The molecule has 0 saturated carbocycles. The first-order valence-electron chi connectivity index (χ1n) is 7.50. The Morgan fingerprint density at radius 3 is 2.50 bits per heavy atom. The van der Waals surface area contributed by atoms with Gasteiger partial charge in [0.05, 0.1) is 5.56 Å². The van der Waals surface area contributed by atoms with Crippen LogP contribution in [0.25, 0.3) is 11.3 Å². The number of rotatable bonds is 4. The molecule has 0 spiro atoms. The summed E-state index contributed by atoms with van der Waals surface area (Å²) in [4.78, 5) is 12.1. The minimum absolute atomic E-state index is 0.139. The maximum atomic E-state index is 13.1. The van der Waals surface area contributed by atoms with E-state index < -0.39 is 30.0 Å². The SMILES string of the molecule is O=C(NCc1ccc(F)cc1C(F)(F)F)c1cc(-c2ccccc2)no1. The summed E-state index contributed by atoms with van der Waals surface area (Å²) in [7, 11) is 0. The highest BCUT2D eigenvalue weighted by molar-refractivity contribution is 5.92. The van der Waals surface area contributed by atoms with E-state index in [0.717, 1.165) is 17.7 Å². The van der Waals surface area contributed by atoms with Gasteiger partial charge in [0, 0.05) is 18.2 Å². The van der Waals surface area contributed by atoms with Crippen molar-refractivity contribution >= 4 is 5.91 Å². The van der Waals surface area contributed by atoms with Crippen molar-refractivity contribution in [3.8, 4) is 11.3 Å². The van der Waals surface area contributed by atoms with E-state index in [-0.39, 0.29) is 11.3 Å². The van der Waals surface area contributed by atoms with E-state index in [2.05, 4.69) is 10.5 Å². The Hall–Kier alpha value is -3.16. The molecular weight excluding hydrogens is 352 g/mol. The third-order valence-electron chi connectivity index (χ3n) is 3.62. The van der Waals surface area contributed by atoms with Gasteiger partial charge in [0.15, 0.2) is 0 Å². The summed E-state index contributed by atoms with van der Waals surface area (Å²) in [6, 6.07) is 12.6. The van der Waals surface area contributed by atoms with Gasteiger partial charge in [0.25, 0.3) is 5.91 Å². The molecule has 1 amide bonds. The molecule has 0 radical (unpaired) electrons. The first-order valence-corrected chi connectivity index (χ1v) is 7.50. The fraction of sp³-hybridized carbons (Fsp3) is 0.111. The molecule has 0 aliphatic rings. The number of aromatic nitrogens is 1. The van der Waals surface area contributed by atoms with E-state index in [4.69, 9.17) is 4.52 Å². The topological polar surface area (TPSA) is 55.1 Å². The van der Waals surface area contributed by atoms with E-state index >= 15 is 0 Å². The second kappa shape index (κ2) is 6.99. The molecule has 0 aliphatic heterocycles. The molecule has 3 rings (SSSR count). The van der Waals surface area contributed by atoms with Crippen LogP contribution in [-0.4, -0.2) is 11.1 Å². The van der Waals surface area contributed by atoms with E-state index in [1.807, 2.05) is 6.07 Å². The number of benzene rings is 2. The van der Waals surface area contributed by atoms with Gasteiger partial charge in [0.2, 0.25) is 5.76 Å². The van der Waals surface area contributed by atoms with Crippen molar-refractivity contribution < 1.29 is 26.9 Å². The Kier molecular flexibility index (Phi) is 4.75. The second-order valence-electron chi connectivity index (χ2n) is 5.42. The molecule has 0 fully saturated rings. The lowest BCUT2D eigenvalue weighted by Crippen LogP contribution is -2.24. The smallest absolute Gasteiger partial charge is 0.350 e. The Bertz CT molecular complexity index is 920. The van der Waals surface area contributed by atoms with Crippen LogP contribution in [-0.2, 0) is 12.7 Å². The van der Waals surface area contributed by atoms with Gasteiger partial charge in [0.1, 0.15) is 11.5 Å². The third-order valence-corrected chi connectivity index (χ3v) is 3.62. The number of hydrogen-bond donors (Lipinski definition) is 1. The molecule has 0 atom stereocenters. The van der Waals surface area contributed by atoms with Crippen molar-refractivity contribution in [2.45, 2.75) is 12.7 Å². The van der Waals surface area contributed by atoms with Crippen molar-refractivity contribution in [2.24, 2.45) is 0 Å². The van der Waals surface area contributed by atoms with E-state index in [0.29, 0.717) is 11.8 Å². The number of amides is 1. The fourth-order valence-corrected chi connectivity index (χ4v) is 2.36. The third kappa shape index (κ3) is 3.90. The average Bonchev–Trinajstić information content (AvgIpc) is 3.10. The van der Waals surface area contributed by atoms with Crippen LogP contribution in [0.4, 0.5) is 17.6 Å². The first kappa shape index (κ1) is 17.7. The van der Waals surface area contributed by atoms with Crippen LogP contribution in [0.1, 0.15) is 21.7 Å². The molecule has 26 heavy (non-hydrogen) atoms. The highest BCUT2D eigenvalue weighted by Gasteiger charge is 2.33. The van der Waals surface area contributed by atoms with E-state index in [1.54, 1.807) is 24.3 Å². The summed E-state index contributed by atoms with van der Waals surface area (Å²) in [5.41, 5.74) is -0.239. The Labute approximate surface area is 145 Å². The van der Waals surface area contributed by atoms with Crippen molar-refractivity contribution in [3.63, 3.8) is 0 Å². The van der Waals surface area contributed by atoms with E-state index in [9.17, 15) is 22.4 Å². The molecule has 0 unspecified atom stereocenters. The van der Waals surface area contributed by atoms with Crippen LogP contribution in [0.2, 0.25) is 0 Å². The quantitative estimate of drug-likeness (QED) is 0.697. The van der Waals surface area contributed by atoms with Crippen molar-refractivity contribution in [1.29, 1.82) is 0 Å². The molecule has 1 N–H and O–H groups in total. The van der Waals surface area contributed by atoms with Gasteiger partial charge in [-0.25, -0.2) is 4.39 Å². The van der Waals surface area contributed by atoms with Gasteiger partial charge >= 0.3 is 6.18 Å². The standard InChI is InChI=1S/C18H12F4N2O2/c19-13-7-6-12(14(8-13)18(20,21)22)10-23-17(25)16-9-15(24-26-16)11-4-2-1-3-5-11/h1-9H,10H2,(H,23,25). The van der Waals surface area contributed by atoms with Crippen LogP contribution in [0, 0.1) is 5.82 Å². The van der Waals surface area contributed by atoms with Crippen molar-refractivity contribution in [3.05, 3.63) is 77.3 Å². The largest absolute Gasteiger partial charge is 0.416 e. The van der Waals surface area contributed by atoms with E-state index in [1.165, 1.54) is 6.07 Å². The Morgan fingerprint density at radius 1 is 1.08 bits per heavy atom. The van der Waals surface area contributed by atoms with Gasteiger partial charge in [-0.05, 0) is 17.7 Å². The molecule has 3 aromatic rings. The number of nitrogens with one attached hydrogen (secondary N) is 1. The van der Waals surface area contributed by atoms with Gasteiger partial charge in [-0.1, -0.05) is 41.6 Å². The summed E-state index contributed by atoms with van der Waals surface area (Å²) in [5.74, 6) is -1.87. The first-order chi connectivity index (χ1) is 12.3. The van der Waals surface area contributed by atoms with Gasteiger partial charge in [-0.2, -0.15) is 13.2 Å². The summed E-state index contributed by atoms with van der Waals surface area (Å²) >= 11 is 0. The Balaban J connectivity index is 1.73. The molecule has 0 bridgehead atoms. The van der Waals surface area contributed by atoms with Crippen LogP contribution in [0.15, 0.2) is 59.1 Å². The summed E-state index contributed by atoms with van der Waals surface area (Å²) in [6.45, 7) is -0.435. The number of carbonyl (C=O) groups excluding carboxylic acids is 1. The molecule has 1 heterocycles. The predicted octanol–water partition coefficient (Wildman–Crippen LogP) is 4.43. The minimum Gasteiger partial charge on any atom is -0.350 e.